The molecule has 1 aromatic rings. The van der Waals surface area contributed by atoms with Gasteiger partial charge in [-0.1, -0.05) is 6.07 Å². The van der Waals surface area contributed by atoms with Gasteiger partial charge in [-0.15, -0.1) is 0 Å². The number of nitrogens with two attached hydrogens (primary N) is 1. The second kappa shape index (κ2) is 4.53. The van der Waals surface area contributed by atoms with Gasteiger partial charge in [-0.05, 0) is 25.0 Å². The number of phenolic OH excluding ortho intramolecular Hbond substituents is 1. The van der Waals surface area contributed by atoms with Gasteiger partial charge in [0.15, 0.2) is 6.61 Å². The monoisotopic (exact) mass is 236 g/mol. The van der Waals surface area contributed by atoms with Crippen molar-refractivity contribution >= 4 is 11.6 Å². The number of nitrogen functional groups attached to an aromatic ring is 1. The molecule has 1 aliphatic rings. The van der Waals surface area contributed by atoms with Crippen LogP contribution in [-0.2, 0) is 4.79 Å². The number of aromatic hydroxyl groups is 1. The van der Waals surface area contributed by atoms with E-state index in [4.69, 9.17) is 10.5 Å². The summed E-state index contributed by atoms with van der Waals surface area (Å²) in [4.78, 5) is 13.4. The fraction of sp³-hybridized carbons (Fsp3) is 0.417. The molecule has 0 heterocycles. The first-order chi connectivity index (χ1) is 8.09. The van der Waals surface area contributed by atoms with Gasteiger partial charge in [-0.2, -0.15) is 0 Å². The number of ether oxygens (including phenoxy) is 1. The zero-order valence-corrected chi connectivity index (χ0v) is 9.72. The quantitative estimate of drug-likeness (QED) is 0.603. The molecule has 92 valence electrons. The Bertz CT molecular complexity index is 430. The first-order valence-electron chi connectivity index (χ1n) is 5.55. The molecule has 0 bridgehead atoms. The summed E-state index contributed by atoms with van der Waals surface area (Å²) in [7, 11) is 1.77. The van der Waals surface area contributed by atoms with Crippen LogP contribution in [0.25, 0.3) is 0 Å². The van der Waals surface area contributed by atoms with Gasteiger partial charge in [0.2, 0.25) is 0 Å². The number of hydrogen-bond acceptors (Lipinski definition) is 4. The third-order valence-electron chi connectivity index (χ3n) is 2.88. The molecule has 0 unspecified atom stereocenters. The fourth-order valence-corrected chi connectivity index (χ4v) is 1.57. The molecule has 5 nitrogen and oxygen atoms in total. The van der Waals surface area contributed by atoms with Gasteiger partial charge < -0.3 is 20.5 Å². The highest BCUT2D eigenvalue weighted by atomic mass is 16.5. The van der Waals surface area contributed by atoms with E-state index < -0.39 is 0 Å². The van der Waals surface area contributed by atoms with Gasteiger partial charge in [-0.3, -0.25) is 4.79 Å². The highest BCUT2D eigenvalue weighted by Crippen LogP contribution is 2.30. The summed E-state index contributed by atoms with van der Waals surface area (Å²) in [6.45, 7) is -0.0549. The zero-order chi connectivity index (χ0) is 12.4. The number of benzene rings is 1. The van der Waals surface area contributed by atoms with Crippen molar-refractivity contribution in [1.82, 2.24) is 4.90 Å². The number of nitrogens with zero attached hydrogens (tertiary/aromatic N) is 1. The van der Waals surface area contributed by atoms with Crippen LogP contribution in [0.3, 0.4) is 0 Å². The van der Waals surface area contributed by atoms with Crippen LogP contribution in [0.15, 0.2) is 18.2 Å². The molecule has 0 aromatic heterocycles. The third kappa shape index (κ3) is 2.61. The molecular formula is C12H16N2O3. The summed E-state index contributed by atoms with van der Waals surface area (Å²) in [6.07, 6.45) is 2.13. The van der Waals surface area contributed by atoms with Crippen molar-refractivity contribution in [2.75, 3.05) is 19.4 Å². The van der Waals surface area contributed by atoms with E-state index in [2.05, 4.69) is 0 Å². The number of rotatable bonds is 4. The molecule has 5 heteroatoms. The predicted octanol–water partition coefficient (Wildman–Crippen LogP) is 0.974. The summed E-state index contributed by atoms with van der Waals surface area (Å²) >= 11 is 0. The molecule has 0 saturated heterocycles. The Morgan fingerprint density at radius 2 is 2.29 bits per heavy atom. The summed E-state index contributed by atoms with van der Waals surface area (Å²) < 4.78 is 5.30. The normalized spacial score (nSPS) is 14.4. The zero-order valence-electron chi connectivity index (χ0n) is 9.72. The van der Waals surface area contributed by atoms with Crippen molar-refractivity contribution in [2.24, 2.45) is 0 Å². The average Bonchev–Trinajstić information content (AvgIpc) is 3.13. The molecule has 17 heavy (non-hydrogen) atoms. The van der Waals surface area contributed by atoms with E-state index in [1.54, 1.807) is 24.1 Å². The first-order valence-corrected chi connectivity index (χ1v) is 5.55. The van der Waals surface area contributed by atoms with Crippen LogP contribution in [0.1, 0.15) is 12.8 Å². The van der Waals surface area contributed by atoms with Crippen molar-refractivity contribution < 1.29 is 14.6 Å². The molecule has 2 rings (SSSR count). The van der Waals surface area contributed by atoms with E-state index in [9.17, 15) is 9.90 Å². The number of amides is 1. The van der Waals surface area contributed by atoms with Gasteiger partial charge in [-0.25, -0.2) is 0 Å². The topological polar surface area (TPSA) is 75.8 Å². The molecule has 0 spiro atoms. The van der Waals surface area contributed by atoms with Crippen molar-refractivity contribution in [1.29, 1.82) is 0 Å². The van der Waals surface area contributed by atoms with Crippen LogP contribution in [-0.4, -0.2) is 35.6 Å². The maximum Gasteiger partial charge on any atom is 0.260 e. The van der Waals surface area contributed by atoms with Gasteiger partial charge in [0.1, 0.15) is 17.2 Å². The molecule has 0 aliphatic heterocycles. The smallest absolute Gasteiger partial charge is 0.260 e. The SMILES string of the molecule is CN(C(=O)COc1cccc(O)c1N)C1CC1. The van der Waals surface area contributed by atoms with Crippen LogP contribution in [0.4, 0.5) is 5.69 Å². The van der Waals surface area contributed by atoms with E-state index in [1.807, 2.05) is 0 Å². The molecule has 1 amide bonds. The number of likely N-dealkylation sites (N-methyl/N-ethyl adjacent to an activating group) is 1. The van der Waals surface area contributed by atoms with Gasteiger partial charge in [0, 0.05) is 13.1 Å². The Hall–Kier alpha value is -1.91. The van der Waals surface area contributed by atoms with Gasteiger partial charge >= 0.3 is 0 Å². The summed E-state index contributed by atoms with van der Waals surface area (Å²) in [6, 6.07) is 5.09. The van der Waals surface area contributed by atoms with Crippen LogP contribution >= 0.6 is 0 Å². The molecule has 1 fully saturated rings. The number of carbonyl (C=O) groups excluding carboxylic acids is 1. The van der Waals surface area contributed by atoms with Crippen LogP contribution < -0.4 is 10.5 Å². The van der Waals surface area contributed by atoms with E-state index in [-0.39, 0.29) is 24.0 Å². The second-order valence-electron chi connectivity index (χ2n) is 4.21. The van der Waals surface area contributed by atoms with Crippen molar-refractivity contribution in [3.8, 4) is 11.5 Å². The maximum atomic E-state index is 11.7. The predicted molar refractivity (Wildman–Crippen MR) is 63.8 cm³/mol. The number of hydrogen-bond donors (Lipinski definition) is 2. The molecular weight excluding hydrogens is 220 g/mol. The summed E-state index contributed by atoms with van der Waals surface area (Å²) in [5.41, 5.74) is 5.78. The van der Waals surface area contributed by atoms with Crippen LogP contribution in [0.2, 0.25) is 0 Å². The molecule has 1 aromatic carbocycles. The second-order valence-corrected chi connectivity index (χ2v) is 4.21. The highest BCUT2D eigenvalue weighted by molar-refractivity contribution is 5.78. The summed E-state index contributed by atoms with van der Waals surface area (Å²) in [5, 5.41) is 9.37. The summed E-state index contributed by atoms with van der Waals surface area (Å²) in [5.74, 6) is 0.225. The molecule has 0 radical (unpaired) electrons. The minimum atomic E-state index is -0.0738. The molecule has 3 N–H and O–H groups in total. The standard InChI is InChI=1S/C12H16N2O3/c1-14(8-5-6-8)11(16)7-17-10-4-2-3-9(15)12(10)13/h2-4,8,15H,5-7,13H2,1H3. The lowest BCUT2D eigenvalue weighted by Gasteiger charge is -2.17. The van der Waals surface area contributed by atoms with Crippen LogP contribution in [0.5, 0.6) is 11.5 Å². The largest absolute Gasteiger partial charge is 0.506 e. The Labute approximate surface area is 99.8 Å². The molecule has 0 atom stereocenters. The number of para-hydroxylation sites is 1. The Balaban J connectivity index is 1.93. The van der Waals surface area contributed by atoms with E-state index in [0.29, 0.717) is 11.8 Å². The van der Waals surface area contributed by atoms with Crippen molar-refractivity contribution in [3.63, 3.8) is 0 Å². The van der Waals surface area contributed by atoms with E-state index in [1.165, 1.54) is 6.07 Å². The Morgan fingerprint density at radius 3 is 2.94 bits per heavy atom. The van der Waals surface area contributed by atoms with Crippen molar-refractivity contribution in [2.45, 2.75) is 18.9 Å². The molecule has 1 saturated carbocycles. The molecule has 1 aliphatic carbocycles. The lowest BCUT2D eigenvalue weighted by Crippen LogP contribution is -2.33. The lowest BCUT2D eigenvalue weighted by molar-refractivity contribution is -0.132. The van der Waals surface area contributed by atoms with Crippen LogP contribution in [0, 0.1) is 0 Å². The number of carbonyl (C=O) groups is 1. The first kappa shape index (κ1) is 11.6. The maximum absolute atomic E-state index is 11.7. The number of anilines is 1. The lowest BCUT2D eigenvalue weighted by atomic mass is 10.3. The van der Waals surface area contributed by atoms with E-state index >= 15 is 0 Å². The minimum absolute atomic E-state index is 0.0366. The van der Waals surface area contributed by atoms with Gasteiger partial charge in [0.05, 0.1) is 0 Å². The number of phenols is 1. The Morgan fingerprint density at radius 1 is 1.59 bits per heavy atom. The Kier molecular flexibility index (Phi) is 3.08. The van der Waals surface area contributed by atoms with Crippen molar-refractivity contribution in [3.05, 3.63) is 18.2 Å². The van der Waals surface area contributed by atoms with Gasteiger partial charge in [0.25, 0.3) is 5.91 Å². The minimum Gasteiger partial charge on any atom is -0.506 e. The fourth-order valence-electron chi connectivity index (χ4n) is 1.57. The van der Waals surface area contributed by atoms with E-state index in [0.717, 1.165) is 12.8 Å². The average molecular weight is 236 g/mol. The third-order valence-corrected chi connectivity index (χ3v) is 2.88. The highest BCUT2D eigenvalue weighted by Gasteiger charge is 2.29.